The summed E-state index contributed by atoms with van der Waals surface area (Å²) in [5.74, 6) is 1.44. The molecular weight excluding hydrogens is 291 g/mol. The van der Waals surface area contributed by atoms with E-state index >= 15 is 0 Å². The standard InChI is InChI=1S/C12H16Cl2N2O3/c1-18-10-7-11(19-2)9(6-8(10)14)16-12(17)15-5-3-4-13/h6-7H,3-5H2,1-2H3,(H2,15,16,17). The fraction of sp³-hybridized carbons (Fsp3) is 0.417. The van der Waals surface area contributed by atoms with Crippen molar-refractivity contribution in [3.8, 4) is 11.5 Å². The number of methoxy groups -OCH3 is 2. The molecule has 0 saturated heterocycles. The van der Waals surface area contributed by atoms with Crippen LogP contribution in [0.4, 0.5) is 10.5 Å². The van der Waals surface area contributed by atoms with E-state index in [2.05, 4.69) is 10.6 Å². The predicted octanol–water partition coefficient (Wildman–Crippen LogP) is 3.11. The highest BCUT2D eigenvalue weighted by molar-refractivity contribution is 6.32. The Morgan fingerprint density at radius 1 is 1.26 bits per heavy atom. The number of ether oxygens (including phenoxy) is 2. The van der Waals surface area contributed by atoms with E-state index in [9.17, 15) is 4.79 Å². The Morgan fingerprint density at radius 3 is 2.53 bits per heavy atom. The van der Waals surface area contributed by atoms with E-state index in [1.807, 2.05) is 0 Å². The summed E-state index contributed by atoms with van der Waals surface area (Å²) < 4.78 is 10.2. The second-order valence-corrected chi connectivity index (χ2v) is 4.40. The van der Waals surface area contributed by atoms with Gasteiger partial charge in [0.2, 0.25) is 0 Å². The molecule has 0 radical (unpaired) electrons. The van der Waals surface area contributed by atoms with Gasteiger partial charge in [-0.25, -0.2) is 4.79 Å². The average molecular weight is 307 g/mol. The highest BCUT2D eigenvalue weighted by Crippen LogP contribution is 2.35. The number of amides is 2. The molecule has 2 N–H and O–H groups in total. The molecule has 0 heterocycles. The van der Waals surface area contributed by atoms with E-state index in [0.717, 1.165) is 0 Å². The molecule has 0 aliphatic carbocycles. The lowest BCUT2D eigenvalue weighted by Gasteiger charge is -2.13. The molecule has 1 aromatic carbocycles. The molecule has 7 heteroatoms. The van der Waals surface area contributed by atoms with Gasteiger partial charge >= 0.3 is 6.03 Å². The summed E-state index contributed by atoms with van der Waals surface area (Å²) in [7, 11) is 3.01. The van der Waals surface area contributed by atoms with Crippen LogP contribution in [-0.2, 0) is 0 Å². The molecule has 2 amide bonds. The van der Waals surface area contributed by atoms with Crippen LogP contribution in [0.1, 0.15) is 6.42 Å². The zero-order valence-electron chi connectivity index (χ0n) is 10.8. The van der Waals surface area contributed by atoms with Gasteiger partial charge in [0.1, 0.15) is 11.5 Å². The Balaban J connectivity index is 2.76. The molecule has 0 unspecified atom stereocenters. The van der Waals surface area contributed by atoms with Gasteiger partial charge in [0, 0.05) is 18.5 Å². The maximum Gasteiger partial charge on any atom is 0.319 e. The van der Waals surface area contributed by atoms with Crippen molar-refractivity contribution in [3.63, 3.8) is 0 Å². The van der Waals surface area contributed by atoms with E-state index in [-0.39, 0.29) is 6.03 Å². The normalized spacial score (nSPS) is 9.89. The Labute approximate surface area is 122 Å². The van der Waals surface area contributed by atoms with E-state index in [4.69, 9.17) is 32.7 Å². The van der Waals surface area contributed by atoms with Crippen molar-refractivity contribution in [2.45, 2.75) is 6.42 Å². The van der Waals surface area contributed by atoms with Gasteiger partial charge < -0.3 is 20.1 Å². The first-order valence-corrected chi connectivity index (χ1v) is 6.56. The quantitative estimate of drug-likeness (QED) is 0.627. The van der Waals surface area contributed by atoms with Crippen molar-refractivity contribution >= 4 is 34.9 Å². The van der Waals surface area contributed by atoms with Crippen molar-refractivity contribution in [3.05, 3.63) is 17.2 Å². The first-order chi connectivity index (χ1) is 9.12. The zero-order chi connectivity index (χ0) is 14.3. The lowest BCUT2D eigenvalue weighted by Crippen LogP contribution is -2.29. The molecule has 5 nitrogen and oxygen atoms in total. The van der Waals surface area contributed by atoms with Crippen molar-refractivity contribution in [1.29, 1.82) is 0 Å². The van der Waals surface area contributed by atoms with Crippen LogP contribution in [0.5, 0.6) is 11.5 Å². The number of halogens is 2. The van der Waals surface area contributed by atoms with Crippen LogP contribution in [0, 0.1) is 0 Å². The van der Waals surface area contributed by atoms with E-state index in [1.165, 1.54) is 14.2 Å². The Kier molecular flexibility index (Phi) is 6.59. The number of hydrogen-bond donors (Lipinski definition) is 2. The summed E-state index contributed by atoms with van der Waals surface area (Å²) in [6.07, 6.45) is 0.704. The van der Waals surface area contributed by atoms with Gasteiger partial charge in [0.25, 0.3) is 0 Å². The lowest BCUT2D eigenvalue weighted by atomic mass is 10.2. The van der Waals surface area contributed by atoms with Crippen LogP contribution < -0.4 is 20.1 Å². The number of carbonyl (C=O) groups excluding carboxylic acids is 1. The second-order valence-electron chi connectivity index (χ2n) is 3.61. The molecular formula is C12H16Cl2N2O3. The van der Waals surface area contributed by atoms with Gasteiger partial charge in [-0.05, 0) is 12.5 Å². The summed E-state index contributed by atoms with van der Waals surface area (Å²) in [5, 5.41) is 5.71. The minimum atomic E-state index is -0.343. The topological polar surface area (TPSA) is 59.6 Å². The maximum absolute atomic E-state index is 11.6. The zero-order valence-corrected chi connectivity index (χ0v) is 12.3. The fourth-order valence-electron chi connectivity index (χ4n) is 1.39. The number of nitrogens with one attached hydrogen (secondary N) is 2. The van der Waals surface area contributed by atoms with Crippen LogP contribution in [0.15, 0.2) is 12.1 Å². The van der Waals surface area contributed by atoms with Crippen LogP contribution >= 0.6 is 23.2 Å². The SMILES string of the molecule is COc1cc(OC)c(NC(=O)NCCCCl)cc1Cl. The van der Waals surface area contributed by atoms with Crippen molar-refractivity contribution in [1.82, 2.24) is 5.32 Å². The molecule has 1 rings (SSSR count). The highest BCUT2D eigenvalue weighted by atomic mass is 35.5. The number of rotatable bonds is 6. The number of urea groups is 1. The summed E-state index contributed by atoms with van der Waals surface area (Å²) in [4.78, 5) is 11.6. The van der Waals surface area contributed by atoms with Crippen LogP contribution in [0.2, 0.25) is 5.02 Å². The number of benzene rings is 1. The minimum Gasteiger partial charge on any atom is -0.495 e. The van der Waals surface area contributed by atoms with E-state index in [1.54, 1.807) is 12.1 Å². The minimum absolute atomic E-state index is 0.343. The second kappa shape index (κ2) is 7.96. The maximum atomic E-state index is 11.6. The summed E-state index contributed by atoms with van der Waals surface area (Å²) in [6.45, 7) is 0.502. The number of carbonyl (C=O) groups is 1. The van der Waals surface area contributed by atoms with Crippen LogP contribution in [0.25, 0.3) is 0 Å². The Morgan fingerprint density at radius 2 is 1.95 bits per heavy atom. The smallest absolute Gasteiger partial charge is 0.319 e. The van der Waals surface area contributed by atoms with Crippen molar-refractivity contribution < 1.29 is 14.3 Å². The predicted molar refractivity (Wildman–Crippen MR) is 76.9 cm³/mol. The molecule has 0 fully saturated rings. The third-order valence-corrected chi connectivity index (χ3v) is 2.88. The average Bonchev–Trinajstić information content (AvgIpc) is 2.39. The molecule has 106 valence electrons. The summed E-state index contributed by atoms with van der Waals surface area (Å²) >= 11 is 11.5. The molecule has 0 aliphatic rings. The van der Waals surface area contributed by atoms with Gasteiger partial charge in [0.05, 0.1) is 24.9 Å². The summed E-state index contributed by atoms with van der Waals surface area (Å²) in [5.41, 5.74) is 0.469. The monoisotopic (exact) mass is 306 g/mol. The molecule has 0 spiro atoms. The molecule has 0 atom stereocenters. The van der Waals surface area contributed by atoms with Gasteiger partial charge in [-0.2, -0.15) is 0 Å². The third-order valence-electron chi connectivity index (χ3n) is 2.32. The summed E-state index contributed by atoms with van der Waals surface area (Å²) in [6, 6.07) is 2.83. The highest BCUT2D eigenvalue weighted by Gasteiger charge is 2.12. The van der Waals surface area contributed by atoms with Gasteiger partial charge in [0.15, 0.2) is 0 Å². The third kappa shape index (κ3) is 4.69. The Bertz CT molecular complexity index is 441. The van der Waals surface area contributed by atoms with Gasteiger partial charge in [-0.1, -0.05) is 11.6 Å². The van der Waals surface area contributed by atoms with Gasteiger partial charge in [-0.15, -0.1) is 11.6 Å². The van der Waals surface area contributed by atoms with Crippen LogP contribution in [0.3, 0.4) is 0 Å². The van der Waals surface area contributed by atoms with Crippen molar-refractivity contribution in [2.75, 3.05) is 32.0 Å². The number of hydrogen-bond acceptors (Lipinski definition) is 3. The van der Waals surface area contributed by atoms with Crippen molar-refractivity contribution in [2.24, 2.45) is 0 Å². The van der Waals surface area contributed by atoms with E-state index < -0.39 is 0 Å². The first-order valence-electron chi connectivity index (χ1n) is 5.64. The lowest BCUT2D eigenvalue weighted by molar-refractivity contribution is 0.252. The Hall–Kier alpha value is -1.33. The molecule has 0 saturated carbocycles. The largest absolute Gasteiger partial charge is 0.495 e. The first kappa shape index (κ1) is 15.7. The molecule has 0 aliphatic heterocycles. The van der Waals surface area contributed by atoms with Gasteiger partial charge in [-0.3, -0.25) is 0 Å². The molecule has 19 heavy (non-hydrogen) atoms. The molecule has 0 aromatic heterocycles. The van der Waals surface area contributed by atoms with Crippen LogP contribution in [-0.4, -0.2) is 32.7 Å². The number of anilines is 1. The fourth-order valence-corrected chi connectivity index (χ4v) is 1.77. The molecule has 1 aromatic rings. The number of alkyl halides is 1. The molecule has 0 bridgehead atoms. The van der Waals surface area contributed by atoms with E-state index in [0.29, 0.717) is 41.1 Å².